The standard InChI is InChI=1S/C5H4F2N2O2S/c6-4-2-1-3-5(8-4)12(10,11)9-7/h1-3,9H. The van der Waals surface area contributed by atoms with Gasteiger partial charge in [0.05, 0.1) is 0 Å². The fraction of sp³-hybridized carbons (Fsp3) is 0. The average molecular weight is 194 g/mol. The van der Waals surface area contributed by atoms with Gasteiger partial charge in [0.25, 0.3) is 10.0 Å². The summed E-state index contributed by atoms with van der Waals surface area (Å²) in [7, 11) is -4.29. The number of nitrogens with one attached hydrogen (secondary N) is 1. The molecule has 1 heterocycles. The summed E-state index contributed by atoms with van der Waals surface area (Å²) in [6, 6.07) is 3.05. The summed E-state index contributed by atoms with van der Waals surface area (Å²) in [6.07, 6.45) is 0. The van der Waals surface area contributed by atoms with E-state index in [9.17, 15) is 17.3 Å². The van der Waals surface area contributed by atoms with Gasteiger partial charge in [-0.2, -0.15) is 4.39 Å². The molecule has 4 nitrogen and oxygen atoms in total. The topological polar surface area (TPSA) is 59.1 Å². The highest BCUT2D eigenvalue weighted by Gasteiger charge is 2.15. The van der Waals surface area contributed by atoms with Crippen LogP contribution in [0.1, 0.15) is 0 Å². The summed E-state index contributed by atoms with van der Waals surface area (Å²) in [5, 5.41) is -0.690. The minimum Gasteiger partial charge on any atom is -0.206 e. The van der Waals surface area contributed by atoms with Crippen molar-refractivity contribution in [3.63, 3.8) is 0 Å². The first-order valence-corrected chi connectivity index (χ1v) is 4.29. The number of hydrogen-bond donors (Lipinski definition) is 1. The summed E-state index contributed by atoms with van der Waals surface area (Å²) < 4.78 is 45.2. The highest BCUT2D eigenvalue weighted by Crippen LogP contribution is 2.04. The lowest BCUT2D eigenvalue weighted by molar-refractivity contribution is 0.422. The minimum atomic E-state index is -4.29. The molecule has 1 aromatic rings. The van der Waals surface area contributed by atoms with E-state index in [1.165, 1.54) is 0 Å². The van der Waals surface area contributed by atoms with Crippen molar-refractivity contribution < 1.29 is 17.3 Å². The lowest BCUT2D eigenvalue weighted by atomic mass is 10.5. The summed E-state index contributed by atoms with van der Waals surface area (Å²) in [5.41, 5.74) is 0. The number of pyridine rings is 1. The van der Waals surface area contributed by atoms with Crippen LogP contribution in [0, 0.1) is 5.95 Å². The van der Waals surface area contributed by atoms with Crippen LogP contribution in [0.15, 0.2) is 23.2 Å². The zero-order chi connectivity index (χ0) is 9.19. The van der Waals surface area contributed by atoms with E-state index in [0.717, 1.165) is 18.2 Å². The molecule has 0 atom stereocenters. The molecule has 0 aromatic carbocycles. The van der Waals surface area contributed by atoms with Crippen molar-refractivity contribution in [1.82, 2.24) is 9.93 Å². The van der Waals surface area contributed by atoms with Crippen LogP contribution >= 0.6 is 0 Å². The third-order valence-corrected chi connectivity index (χ3v) is 2.05. The predicted molar refractivity (Wildman–Crippen MR) is 35.6 cm³/mol. The maximum absolute atomic E-state index is 12.3. The van der Waals surface area contributed by atoms with Gasteiger partial charge >= 0.3 is 0 Å². The smallest absolute Gasteiger partial charge is 0.206 e. The van der Waals surface area contributed by atoms with Gasteiger partial charge in [0.1, 0.15) is 0 Å². The molecule has 0 saturated carbocycles. The van der Waals surface area contributed by atoms with Gasteiger partial charge in [-0.1, -0.05) is 6.07 Å². The van der Waals surface area contributed by atoms with Crippen molar-refractivity contribution in [3.05, 3.63) is 24.1 Å². The van der Waals surface area contributed by atoms with E-state index >= 15 is 0 Å². The maximum Gasteiger partial charge on any atom is 0.284 e. The SMILES string of the molecule is O=S(=O)(NF)c1cccc(F)n1. The summed E-state index contributed by atoms with van der Waals surface area (Å²) in [6.45, 7) is 0. The normalized spacial score (nSPS) is 11.5. The van der Waals surface area contributed by atoms with Crippen molar-refractivity contribution in [2.75, 3.05) is 0 Å². The molecule has 0 unspecified atom stereocenters. The van der Waals surface area contributed by atoms with Crippen molar-refractivity contribution in [1.29, 1.82) is 0 Å². The Balaban J connectivity index is 3.21. The second-order valence-electron chi connectivity index (χ2n) is 1.88. The minimum absolute atomic E-state index is 0.528. The van der Waals surface area contributed by atoms with Crippen LogP contribution < -0.4 is 4.94 Å². The van der Waals surface area contributed by atoms with E-state index in [1.54, 1.807) is 0 Å². The first-order chi connectivity index (χ1) is 5.56. The van der Waals surface area contributed by atoms with Crippen LogP contribution in [0.2, 0.25) is 0 Å². The second-order valence-corrected chi connectivity index (χ2v) is 3.46. The molecule has 12 heavy (non-hydrogen) atoms. The van der Waals surface area contributed by atoms with Crippen LogP contribution in [0.4, 0.5) is 8.87 Å². The third kappa shape index (κ3) is 1.74. The number of hydrogen-bond acceptors (Lipinski definition) is 3. The molecule has 0 spiro atoms. The van der Waals surface area contributed by atoms with Crippen LogP contribution in [-0.2, 0) is 10.0 Å². The molecule has 0 saturated heterocycles. The van der Waals surface area contributed by atoms with E-state index < -0.39 is 21.0 Å². The first kappa shape index (κ1) is 9.01. The Morgan fingerprint density at radius 3 is 2.58 bits per heavy atom. The van der Waals surface area contributed by atoms with E-state index in [0.29, 0.717) is 4.94 Å². The summed E-state index contributed by atoms with van der Waals surface area (Å²) >= 11 is 0. The van der Waals surface area contributed by atoms with E-state index in [4.69, 9.17) is 0 Å². The molecule has 0 aliphatic heterocycles. The predicted octanol–water partition coefficient (Wildman–Crippen LogP) is 0.384. The van der Waals surface area contributed by atoms with Crippen molar-refractivity contribution in [2.24, 2.45) is 0 Å². The Morgan fingerprint density at radius 2 is 2.08 bits per heavy atom. The maximum atomic E-state index is 12.3. The fourth-order valence-electron chi connectivity index (χ4n) is 0.579. The molecule has 1 rings (SSSR count). The van der Waals surface area contributed by atoms with Crippen LogP contribution in [0.3, 0.4) is 0 Å². The highest BCUT2D eigenvalue weighted by molar-refractivity contribution is 7.89. The van der Waals surface area contributed by atoms with Gasteiger partial charge in [0, 0.05) is 0 Å². The van der Waals surface area contributed by atoms with Gasteiger partial charge in [-0.05, 0) is 17.1 Å². The number of aromatic nitrogens is 1. The Kier molecular flexibility index (Phi) is 2.34. The number of rotatable bonds is 2. The second kappa shape index (κ2) is 3.11. The van der Waals surface area contributed by atoms with Crippen LogP contribution in [0.25, 0.3) is 0 Å². The molecule has 1 N–H and O–H groups in total. The number of halogens is 2. The summed E-state index contributed by atoms with van der Waals surface area (Å²) in [5.74, 6) is -0.980. The summed E-state index contributed by atoms with van der Waals surface area (Å²) in [4.78, 5) is 3.49. The molecule has 0 bridgehead atoms. The van der Waals surface area contributed by atoms with Gasteiger partial charge < -0.3 is 0 Å². The lowest BCUT2D eigenvalue weighted by Crippen LogP contribution is -2.16. The largest absolute Gasteiger partial charge is 0.284 e. The Labute approximate surface area is 67.2 Å². The average Bonchev–Trinajstić information content (AvgIpc) is 2.05. The zero-order valence-corrected chi connectivity index (χ0v) is 6.48. The Bertz CT molecular complexity index is 379. The first-order valence-electron chi connectivity index (χ1n) is 2.81. The Hall–Kier alpha value is -1.08. The van der Waals surface area contributed by atoms with Gasteiger partial charge in [0.2, 0.25) is 5.95 Å². The van der Waals surface area contributed by atoms with Gasteiger partial charge in [-0.15, -0.1) is 4.48 Å². The quantitative estimate of drug-likeness (QED) is 0.547. The zero-order valence-electron chi connectivity index (χ0n) is 5.66. The van der Waals surface area contributed by atoms with Gasteiger partial charge in [-0.3, -0.25) is 0 Å². The molecule has 0 fully saturated rings. The molecule has 1 aromatic heterocycles. The van der Waals surface area contributed by atoms with Crippen LogP contribution in [0.5, 0.6) is 0 Å². The highest BCUT2D eigenvalue weighted by atomic mass is 32.2. The molecule has 0 radical (unpaired) electrons. The van der Waals surface area contributed by atoms with Gasteiger partial charge in [0.15, 0.2) is 5.03 Å². The number of sulfonamides is 1. The fourth-order valence-corrected chi connectivity index (χ4v) is 1.12. The van der Waals surface area contributed by atoms with Crippen molar-refractivity contribution >= 4 is 10.0 Å². The molecule has 0 amide bonds. The van der Waals surface area contributed by atoms with E-state index in [1.807, 2.05) is 0 Å². The monoisotopic (exact) mass is 194 g/mol. The van der Waals surface area contributed by atoms with Gasteiger partial charge in [-0.25, -0.2) is 13.4 Å². The van der Waals surface area contributed by atoms with Crippen molar-refractivity contribution in [2.45, 2.75) is 5.03 Å². The Morgan fingerprint density at radius 1 is 1.42 bits per heavy atom. The molecule has 0 aliphatic rings. The van der Waals surface area contributed by atoms with E-state index in [2.05, 4.69) is 4.98 Å². The van der Waals surface area contributed by atoms with E-state index in [-0.39, 0.29) is 0 Å². The number of nitrogens with zero attached hydrogens (tertiary/aromatic N) is 1. The molecular formula is C5H4F2N2O2S. The molecule has 66 valence electrons. The van der Waals surface area contributed by atoms with Crippen molar-refractivity contribution in [3.8, 4) is 0 Å². The molecule has 0 aliphatic carbocycles. The third-order valence-electron chi connectivity index (χ3n) is 1.07. The van der Waals surface area contributed by atoms with Crippen LogP contribution in [-0.4, -0.2) is 13.4 Å². The molecule has 7 heteroatoms. The molecular weight excluding hydrogens is 190 g/mol. The lowest BCUT2D eigenvalue weighted by Gasteiger charge is -1.96.